The van der Waals surface area contributed by atoms with E-state index in [1.807, 2.05) is 12.1 Å². The van der Waals surface area contributed by atoms with Crippen molar-refractivity contribution in [2.45, 2.75) is 11.4 Å². The Balaban J connectivity index is 1.56. The zero-order valence-corrected chi connectivity index (χ0v) is 15.3. The topological polar surface area (TPSA) is 51.1 Å². The maximum Gasteiger partial charge on any atom is 0.175 e. The van der Waals surface area contributed by atoms with E-state index in [2.05, 4.69) is 58.4 Å². The van der Waals surface area contributed by atoms with E-state index in [0.717, 1.165) is 18.8 Å². The molecule has 132 valence electrons. The number of nitrogens with one attached hydrogen (secondary N) is 1. The summed E-state index contributed by atoms with van der Waals surface area (Å²) in [6, 6.07) is 23.8. The second-order valence-electron chi connectivity index (χ2n) is 6.41. The van der Waals surface area contributed by atoms with Crippen molar-refractivity contribution in [3.8, 4) is 0 Å². The third kappa shape index (κ3) is 3.06. The molecule has 0 radical (unpaired) electrons. The summed E-state index contributed by atoms with van der Waals surface area (Å²) in [5.74, 6) is 0. The molecular formula is C21H20N2O2S. The molecule has 26 heavy (non-hydrogen) atoms. The normalized spacial score (nSPS) is 11.9. The lowest BCUT2D eigenvalue weighted by Gasteiger charge is -2.10. The smallest absolute Gasteiger partial charge is 0.175 e. The fourth-order valence-corrected chi connectivity index (χ4v) is 4.01. The van der Waals surface area contributed by atoms with E-state index in [-0.39, 0.29) is 0 Å². The van der Waals surface area contributed by atoms with E-state index in [0.29, 0.717) is 4.90 Å². The largest absolute Gasteiger partial charge is 0.383 e. The molecule has 0 fully saturated rings. The molecule has 3 aromatic carbocycles. The minimum absolute atomic E-state index is 0.338. The van der Waals surface area contributed by atoms with Crippen molar-refractivity contribution in [1.82, 2.24) is 4.57 Å². The Labute approximate surface area is 153 Å². The summed E-state index contributed by atoms with van der Waals surface area (Å²) in [7, 11) is -3.16. The number of hydrogen-bond acceptors (Lipinski definition) is 3. The molecule has 0 atom stereocenters. The van der Waals surface area contributed by atoms with Crippen LogP contribution in [0, 0.1) is 0 Å². The van der Waals surface area contributed by atoms with E-state index in [1.54, 1.807) is 12.1 Å². The second-order valence-corrected chi connectivity index (χ2v) is 8.42. The lowest BCUT2D eigenvalue weighted by Crippen LogP contribution is -2.10. The Morgan fingerprint density at radius 1 is 0.808 bits per heavy atom. The monoisotopic (exact) mass is 364 g/mol. The van der Waals surface area contributed by atoms with Crippen LogP contribution in [0.5, 0.6) is 0 Å². The highest BCUT2D eigenvalue weighted by atomic mass is 32.2. The lowest BCUT2D eigenvalue weighted by atomic mass is 10.2. The molecule has 0 aliphatic carbocycles. The van der Waals surface area contributed by atoms with Crippen LogP contribution in [0.4, 0.5) is 5.69 Å². The highest BCUT2D eigenvalue weighted by Crippen LogP contribution is 2.28. The predicted molar refractivity (Wildman–Crippen MR) is 107 cm³/mol. The maximum absolute atomic E-state index is 11.5. The fraction of sp³-hybridized carbons (Fsp3) is 0.143. The Hall–Kier alpha value is -2.79. The summed E-state index contributed by atoms with van der Waals surface area (Å²) < 4.78 is 25.4. The minimum Gasteiger partial charge on any atom is -0.383 e. The number of rotatable bonds is 5. The first-order chi connectivity index (χ1) is 12.5. The van der Waals surface area contributed by atoms with Crippen molar-refractivity contribution in [3.05, 3.63) is 72.8 Å². The first kappa shape index (κ1) is 16.7. The van der Waals surface area contributed by atoms with Gasteiger partial charge in [-0.2, -0.15) is 0 Å². The van der Waals surface area contributed by atoms with E-state index < -0.39 is 9.84 Å². The molecular weight excluding hydrogens is 344 g/mol. The van der Waals surface area contributed by atoms with Gasteiger partial charge in [-0.3, -0.25) is 0 Å². The van der Waals surface area contributed by atoms with Crippen molar-refractivity contribution in [3.63, 3.8) is 0 Å². The summed E-state index contributed by atoms with van der Waals surface area (Å²) >= 11 is 0. The first-order valence-electron chi connectivity index (χ1n) is 8.54. The number of anilines is 1. The molecule has 5 heteroatoms. The van der Waals surface area contributed by atoms with Gasteiger partial charge in [0.25, 0.3) is 0 Å². The standard InChI is InChI=1S/C21H20N2O2S/c1-26(24,25)17-12-10-16(11-13-17)22-14-15-23-20-8-4-2-6-18(20)19-7-3-5-9-21(19)23/h2-13,22H,14-15H2,1H3. The highest BCUT2D eigenvalue weighted by Gasteiger charge is 2.09. The van der Waals surface area contributed by atoms with Crippen LogP contribution in [-0.2, 0) is 16.4 Å². The average Bonchev–Trinajstić information content (AvgIpc) is 2.96. The SMILES string of the molecule is CS(=O)(=O)c1ccc(NCCn2c3ccccc3c3ccccc32)cc1. The lowest BCUT2D eigenvalue weighted by molar-refractivity contribution is 0.602. The summed E-state index contributed by atoms with van der Waals surface area (Å²) in [6.45, 7) is 1.57. The number of aromatic nitrogens is 1. The van der Waals surface area contributed by atoms with Crippen molar-refractivity contribution in [2.24, 2.45) is 0 Å². The van der Waals surface area contributed by atoms with E-state index in [1.165, 1.54) is 28.1 Å². The minimum atomic E-state index is -3.16. The van der Waals surface area contributed by atoms with E-state index in [4.69, 9.17) is 0 Å². The average molecular weight is 364 g/mol. The van der Waals surface area contributed by atoms with Crippen LogP contribution in [0.15, 0.2) is 77.7 Å². The van der Waals surface area contributed by atoms with Gasteiger partial charge in [0.2, 0.25) is 0 Å². The number of hydrogen-bond donors (Lipinski definition) is 1. The van der Waals surface area contributed by atoms with Crippen LogP contribution in [0.2, 0.25) is 0 Å². The van der Waals surface area contributed by atoms with Crippen molar-refractivity contribution >= 4 is 37.3 Å². The van der Waals surface area contributed by atoms with Crippen molar-refractivity contribution in [1.29, 1.82) is 0 Å². The molecule has 4 rings (SSSR count). The molecule has 4 aromatic rings. The molecule has 0 unspecified atom stereocenters. The zero-order chi connectivity index (χ0) is 18.1. The van der Waals surface area contributed by atoms with Gasteiger partial charge >= 0.3 is 0 Å². The molecule has 0 amide bonds. The van der Waals surface area contributed by atoms with Crippen LogP contribution in [0.25, 0.3) is 21.8 Å². The Bertz CT molecular complexity index is 1120. The van der Waals surface area contributed by atoms with Gasteiger partial charge < -0.3 is 9.88 Å². The number of benzene rings is 3. The summed E-state index contributed by atoms with van der Waals surface area (Å²) in [5.41, 5.74) is 3.36. The summed E-state index contributed by atoms with van der Waals surface area (Å²) in [5, 5.41) is 5.90. The number of fused-ring (bicyclic) bond motifs is 3. The second kappa shape index (κ2) is 6.50. The van der Waals surface area contributed by atoms with E-state index in [9.17, 15) is 8.42 Å². The van der Waals surface area contributed by atoms with Crippen LogP contribution in [0.3, 0.4) is 0 Å². The van der Waals surface area contributed by atoms with Gasteiger partial charge in [-0.1, -0.05) is 36.4 Å². The van der Waals surface area contributed by atoms with Crippen molar-refractivity contribution in [2.75, 3.05) is 18.1 Å². The summed E-state index contributed by atoms with van der Waals surface area (Å²) in [4.78, 5) is 0.338. The van der Waals surface area contributed by atoms with Gasteiger partial charge in [-0.05, 0) is 36.4 Å². The van der Waals surface area contributed by atoms with Crippen LogP contribution >= 0.6 is 0 Å². The molecule has 0 saturated heterocycles. The van der Waals surface area contributed by atoms with Crippen LogP contribution < -0.4 is 5.32 Å². The van der Waals surface area contributed by atoms with E-state index >= 15 is 0 Å². The third-order valence-corrected chi connectivity index (χ3v) is 5.76. The molecule has 1 aromatic heterocycles. The molecule has 0 spiro atoms. The number of nitrogens with zero attached hydrogens (tertiary/aromatic N) is 1. The fourth-order valence-electron chi connectivity index (χ4n) is 3.38. The molecule has 4 nitrogen and oxygen atoms in total. The van der Waals surface area contributed by atoms with Gasteiger partial charge in [0.1, 0.15) is 0 Å². The molecule has 1 N–H and O–H groups in total. The van der Waals surface area contributed by atoms with Gasteiger partial charge in [-0.25, -0.2) is 8.42 Å². The van der Waals surface area contributed by atoms with Gasteiger partial charge in [0, 0.05) is 46.8 Å². The first-order valence-corrected chi connectivity index (χ1v) is 10.4. The molecule has 0 aliphatic heterocycles. The van der Waals surface area contributed by atoms with Crippen molar-refractivity contribution < 1.29 is 8.42 Å². The van der Waals surface area contributed by atoms with Crippen LogP contribution in [0.1, 0.15) is 0 Å². The predicted octanol–water partition coefficient (Wildman–Crippen LogP) is 4.31. The zero-order valence-electron chi connectivity index (χ0n) is 14.5. The number of sulfone groups is 1. The van der Waals surface area contributed by atoms with Crippen LogP contribution in [-0.4, -0.2) is 25.8 Å². The Kier molecular flexibility index (Phi) is 4.17. The Morgan fingerprint density at radius 2 is 1.35 bits per heavy atom. The highest BCUT2D eigenvalue weighted by molar-refractivity contribution is 7.90. The quantitative estimate of drug-likeness (QED) is 0.574. The molecule has 0 bridgehead atoms. The Morgan fingerprint density at radius 3 is 1.88 bits per heavy atom. The van der Waals surface area contributed by atoms with Gasteiger partial charge in [0.05, 0.1) is 4.90 Å². The van der Waals surface area contributed by atoms with Gasteiger partial charge in [-0.15, -0.1) is 0 Å². The maximum atomic E-state index is 11.5. The van der Waals surface area contributed by atoms with Gasteiger partial charge in [0.15, 0.2) is 9.84 Å². The molecule has 0 saturated carbocycles. The number of para-hydroxylation sites is 2. The third-order valence-electron chi connectivity index (χ3n) is 4.63. The molecule has 0 aliphatic rings. The summed E-state index contributed by atoms with van der Waals surface area (Å²) in [6.07, 6.45) is 1.22. The molecule has 1 heterocycles.